The van der Waals surface area contributed by atoms with Crippen LogP contribution in [0.3, 0.4) is 0 Å². The zero-order valence-electron chi connectivity index (χ0n) is 11.6. The van der Waals surface area contributed by atoms with Crippen LogP contribution in [-0.4, -0.2) is 30.8 Å². The van der Waals surface area contributed by atoms with Crippen molar-refractivity contribution in [2.75, 3.05) is 19.8 Å². The minimum atomic E-state index is 0.261. The second-order valence-electron chi connectivity index (χ2n) is 4.41. The Hall–Kier alpha value is -0.970. The molecule has 0 saturated heterocycles. The third-order valence-corrected chi connectivity index (χ3v) is 2.39. The third kappa shape index (κ3) is 6.69. The lowest BCUT2D eigenvalue weighted by atomic mass is 10.2. The van der Waals surface area contributed by atoms with Crippen LogP contribution in [0.1, 0.15) is 32.0 Å². The van der Waals surface area contributed by atoms with E-state index in [1.807, 2.05) is 26.1 Å². The summed E-state index contributed by atoms with van der Waals surface area (Å²) in [5.41, 5.74) is 2.16. The van der Waals surface area contributed by atoms with Crippen molar-refractivity contribution in [2.45, 2.75) is 40.0 Å². The quantitative estimate of drug-likeness (QED) is 0.684. The van der Waals surface area contributed by atoms with E-state index in [0.717, 1.165) is 18.8 Å². The predicted octanol–water partition coefficient (Wildman–Crippen LogP) is 2.13. The topological polar surface area (TPSA) is 43.4 Å². The van der Waals surface area contributed by atoms with Gasteiger partial charge in [-0.3, -0.25) is 4.98 Å². The van der Waals surface area contributed by atoms with Crippen LogP contribution in [0, 0.1) is 0 Å². The Balaban J connectivity index is 2.18. The Morgan fingerprint density at radius 3 is 2.72 bits per heavy atom. The monoisotopic (exact) mass is 252 g/mol. The van der Waals surface area contributed by atoms with Gasteiger partial charge in [-0.05, 0) is 32.0 Å². The molecular weight excluding hydrogens is 228 g/mol. The number of aromatic nitrogens is 1. The average molecular weight is 252 g/mol. The molecule has 0 radical (unpaired) electrons. The summed E-state index contributed by atoms with van der Waals surface area (Å²) in [5, 5.41) is 3.27. The summed E-state index contributed by atoms with van der Waals surface area (Å²) >= 11 is 0. The van der Waals surface area contributed by atoms with Crippen LogP contribution in [0.4, 0.5) is 0 Å². The zero-order valence-corrected chi connectivity index (χ0v) is 11.6. The van der Waals surface area contributed by atoms with Gasteiger partial charge in [0.1, 0.15) is 0 Å². The lowest BCUT2D eigenvalue weighted by Gasteiger charge is -2.08. The van der Waals surface area contributed by atoms with Crippen molar-refractivity contribution in [2.24, 2.45) is 0 Å². The van der Waals surface area contributed by atoms with Gasteiger partial charge in [-0.25, -0.2) is 0 Å². The molecule has 0 aliphatic heterocycles. The summed E-state index contributed by atoms with van der Waals surface area (Å²) in [6, 6.07) is 4.09. The van der Waals surface area contributed by atoms with E-state index in [1.165, 1.54) is 5.56 Å². The molecule has 1 rings (SSSR count). The molecule has 1 aromatic rings. The highest BCUT2D eigenvalue weighted by Gasteiger charge is 1.97. The molecular formula is C14H24N2O2. The van der Waals surface area contributed by atoms with E-state index in [-0.39, 0.29) is 6.10 Å². The number of rotatable bonds is 9. The SMILES string of the molecule is CCNCc1ccc(COCCOC(C)C)nc1. The molecule has 0 aromatic carbocycles. The molecule has 102 valence electrons. The highest BCUT2D eigenvalue weighted by Crippen LogP contribution is 2.01. The Morgan fingerprint density at radius 2 is 2.11 bits per heavy atom. The van der Waals surface area contributed by atoms with Crippen molar-refractivity contribution >= 4 is 0 Å². The Labute approximate surface area is 110 Å². The van der Waals surface area contributed by atoms with E-state index in [9.17, 15) is 0 Å². The zero-order chi connectivity index (χ0) is 13.2. The number of pyridine rings is 1. The van der Waals surface area contributed by atoms with Gasteiger partial charge >= 0.3 is 0 Å². The van der Waals surface area contributed by atoms with Gasteiger partial charge in [-0.2, -0.15) is 0 Å². The molecule has 0 saturated carbocycles. The fourth-order valence-electron chi connectivity index (χ4n) is 1.43. The minimum absolute atomic E-state index is 0.261. The fourth-order valence-corrected chi connectivity index (χ4v) is 1.43. The van der Waals surface area contributed by atoms with Crippen molar-refractivity contribution in [3.8, 4) is 0 Å². The number of nitrogens with zero attached hydrogens (tertiary/aromatic N) is 1. The van der Waals surface area contributed by atoms with Crippen molar-refractivity contribution in [1.82, 2.24) is 10.3 Å². The van der Waals surface area contributed by atoms with Crippen LogP contribution in [-0.2, 0) is 22.6 Å². The summed E-state index contributed by atoms with van der Waals surface area (Å²) in [5.74, 6) is 0. The number of nitrogens with one attached hydrogen (secondary N) is 1. The van der Waals surface area contributed by atoms with Gasteiger partial charge in [-0.15, -0.1) is 0 Å². The van der Waals surface area contributed by atoms with Gasteiger partial charge in [0.2, 0.25) is 0 Å². The van der Waals surface area contributed by atoms with Crippen molar-refractivity contribution in [1.29, 1.82) is 0 Å². The summed E-state index contributed by atoms with van der Waals surface area (Å²) < 4.78 is 10.9. The smallest absolute Gasteiger partial charge is 0.0889 e. The maximum Gasteiger partial charge on any atom is 0.0889 e. The lowest BCUT2D eigenvalue weighted by Crippen LogP contribution is -2.12. The Kier molecular flexibility index (Phi) is 7.57. The highest BCUT2D eigenvalue weighted by atomic mass is 16.5. The van der Waals surface area contributed by atoms with Gasteiger partial charge < -0.3 is 14.8 Å². The van der Waals surface area contributed by atoms with Gasteiger partial charge in [0.05, 0.1) is 31.6 Å². The summed E-state index contributed by atoms with van der Waals surface area (Å²) in [6.07, 6.45) is 2.16. The highest BCUT2D eigenvalue weighted by molar-refractivity contribution is 5.13. The van der Waals surface area contributed by atoms with Crippen LogP contribution in [0.15, 0.2) is 18.3 Å². The van der Waals surface area contributed by atoms with Gasteiger partial charge in [0, 0.05) is 12.7 Å². The largest absolute Gasteiger partial charge is 0.376 e. The van der Waals surface area contributed by atoms with Crippen LogP contribution >= 0.6 is 0 Å². The van der Waals surface area contributed by atoms with E-state index >= 15 is 0 Å². The lowest BCUT2D eigenvalue weighted by molar-refractivity contribution is 0.0135. The standard InChI is InChI=1S/C14H24N2O2/c1-4-15-9-13-5-6-14(16-10-13)11-17-7-8-18-12(2)3/h5-6,10,12,15H,4,7-9,11H2,1-3H3. The second-order valence-corrected chi connectivity index (χ2v) is 4.41. The van der Waals surface area contributed by atoms with Crippen molar-refractivity contribution < 1.29 is 9.47 Å². The first-order chi connectivity index (χ1) is 8.72. The van der Waals surface area contributed by atoms with Crippen LogP contribution in [0.25, 0.3) is 0 Å². The summed E-state index contributed by atoms with van der Waals surface area (Å²) in [7, 11) is 0. The predicted molar refractivity (Wildman–Crippen MR) is 72.4 cm³/mol. The first-order valence-electron chi connectivity index (χ1n) is 6.56. The molecule has 0 unspecified atom stereocenters. The first kappa shape index (κ1) is 15.1. The van der Waals surface area contributed by atoms with E-state index in [1.54, 1.807) is 0 Å². The summed E-state index contributed by atoms with van der Waals surface area (Å²) in [6.45, 7) is 9.76. The van der Waals surface area contributed by atoms with Crippen molar-refractivity contribution in [3.05, 3.63) is 29.6 Å². The number of hydrogen-bond donors (Lipinski definition) is 1. The van der Waals surface area contributed by atoms with Crippen LogP contribution < -0.4 is 5.32 Å². The average Bonchev–Trinajstić information content (AvgIpc) is 2.37. The normalized spacial score (nSPS) is 11.1. The van der Waals surface area contributed by atoms with Crippen LogP contribution in [0.5, 0.6) is 0 Å². The van der Waals surface area contributed by atoms with E-state index in [2.05, 4.69) is 23.3 Å². The number of hydrogen-bond acceptors (Lipinski definition) is 4. The molecule has 0 aliphatic rings. The minimum Gasteiger partial charge on any atom is -0.376 e. The molecule has 0 atom stereocenters. The molecule has 0 spiro atoms. The molecule has 1 N–H and O–H groups in total. The summed E-state index contributed by atoms with van der Waals surface area (Å²) in [4.78, 5) is 4.36. The molecule has 0 amide bonds. The first-order valence-corrected chi connectivity index (χ1v) is 6.56. The molecule has 1 heterocycles. The van der Waals surface area contributed by atoms with E-state index in [4.69, 9.17) is 9.47 Å². The Bertz CT molecular complexity index is 312. The maximum atomic E-state index is 5.49. The van der Waals surface area contributed by atoms with Gasteiger partial charge in [-0.1, -0.05) is 13.0 Å². The molecule has 0 bridgehead atoms. The van der Waals surface area contributed by atoms with Gasteiger partial charge in [0.25, 0.3) is 0 Å². The second kappa shape index (κ2) is 9.03. The molecule has 0 fully saturated rings. The fraction of sp³-hybridized carbons (Fsp3) is 0.643. The van der Waals surface area contributed by atoms with Crippen molar-refractivity contribution in [3.63, 3.8) is 0 Å². The molecule has 0 aliphatic carbocycles. The molecule has 4 heteroatoms. The Morgan fingerprint density at radius 1 is 1.28 bits per heavy atom. The van der Waals surface area contributed by atoms with E-state index in [0.29, 0.717) is 19.8 Å². The molecule has 18 heavy (non-hydrogen) atoms. The van der Waals surface area contributed by atoms with Crippen LogP contribution in [0.2, 0.25) is 0 Å². The van der Waals surface area contributed by atoms with E-state index < -0.39 is 0 Å². The third-order valence-electron chi connectivity index (χ3n) is 2.39. The molecule has 4 nitrogen and oxygen atoms in total. The number of ether oxygens (including phenoxy) is 2. The van der Waals surface area contributed by atoms with Gasteiger partial charge in [0.15, 0.2) is 0 Å². The molecule has 1 aromatic heterocycles. The maximum absolute atomic E-state index is 5.49.